The van der Waals surface area contributed by atoms with Crippen LogP contribution in [0.3, 0.4) is 0 Å². The van der Waals surface area contributed by atoms with E-state index in [-0.39, 0.29) is 32.1 Å². The van der Waals surface area contributed by atoms with Crippen LogP contribution in [0.2, 0.25) is 0 Å². The van der Waals surface area contributed by atoms with Gasteiger partial charge in [0, 0.05) is 32.6 Å². The van der Waals surface area contributed by atoms with Gasteiger partial charge in [-0.3, -0.25) is 4.79 Å². The van der Waals surface area contributed by atoms with Crippen LogP contribution in [0.1, 0.15) is 56.9 Å². The van der Waals surface area contributed by atoms with E-state index in [0.29, 0.717) is 12.3 Å². The van der Waals surface area contributed by atoms with Gasteiger partial charge >= 0.3 is 6.18 Å². The highest BCUT2D eigenvalue weighted by Gasteiger charge is 2.39. The Morgan fingerprint density at radius 2 is 1.63 bits per heavy atom. The Morgan fingerprint density at radius 1 is 1.00 bits per heavy atom. The first-order valence-corrected chi connectivity index (χ1v) is 12.1. The molecule has 0 unspecified atom stereocenters. The van der Waals surface area contributed by atoms with Gasteiger partial charge in [0.05, 0.1) is 10.5 Å². The van der Waals surface area contributed by atoms with E-state index < -0.39 is 26.7 Å². The molecule has 5 nitrogen and oxygen atoms in total. The molecule has 1 aliphatic heterocycles. The van der Waals surface area contributed by atoms with E-state index in [1.165, 1.54) is 44.2 Å². The van der Waals surface area contributed by atoms with Gasteiger partial charge in [-0.05, 0) is 30.9 Å². The monoisotopic (exact) mass is 446 g/mol. The SMILES string of the molecule is O=C(CCCC1CCCCC1)N1CCN(S(=O)(=O)c2ccccc2C(F)(F)F)CC1. The van der Waals surface area contributed by atoms with Crippen molar-refractivity contribution < 1.29 is 26.4 Å². The quantitative estimate of drug-likeness (QED) is 0.655. The number of alkyl halides is 3. The number of sulfonamides is 1. The lowest BCUT2D eigenvalue weighted by Gasteiger charge is -2.34. The van der Waals surface area contributed by atoms with E-state index in [1.54, 1.807) is 4.90 Å². The Hall–Kier alpha value is -1.61. The van der Waals surface area contributed by atoms with Crippen molar-refractivity contribution in [1.29, 1.82) is 0 Å². The van der Waals surface area contributed by atoms with Crippen molar-refractivity contribution in [2.45, 2.75) is 62.4 Å². The van der Waals surface area contributed by atoms with Gasteiger partial charge in [0.1, 0.15) is 0 Å². The van der Waals surface area contributed by atoms with Crippen molar-refractivity contribution in [2.24, 2.45) is 5.92 Å². The number of rotatable bonds is 6. The Bertz CT molecular complexity index is 828. The number of piperazine rings is 1. The molecule has 1 aliphatic carbocycles. The second-order valence-electron chi connectivity index (χ2n) is 8.18. The summed E-state index contributed by atoms with van der Waals surface area (Å²) < 4.78 is 66.3. The smallest absolute Gasteiger partial charge is 0.340 e. The molecule has 1 heterocycles. The van der Waals surface area contributed by atoms with Gasteiger partial charge < -0.3 is 4.90 Å². The molecule has 1 amide bonds. The molecule has 0 bridgehead atoms. The third kappa shape index (κ3) is 5.55. The van der Waals surface area contributed by atoms with E-state index in [0.717, 1.165) is 29.3 Å². The highest BCUT2D eigenvalue weighted by atomic mass is 32.2. The maximum atomic E-state index is 13.2. The van der Waals surface area contributed by atoms with Gasteiger partial charge in [0.15, 0.2) is 0 Å². The van der Waals surface area contributed by atoms with Gasteiger partial charge in [0.25, 0.3) is 0 Å². The number of hydrogen-bond acceptors (Lipinski definition) is 3. The number of halogens is 3. The van der Waals surface area contributed by atoms with Crippen LogP contribution in [0.25, 0.3) is 0 Å². The predicted octanol–water partition coefficient (Wildman–Crippen LogP) is 4.29. The van der Waals surface area contributed by atoms with Crippen LogP contribution in [-0.4, -0.2) is 49.7 Å². The molecule has 0 radical (unpaired) electrons. The van der Waals surface area contributed by atoms with Crippen LogP contribution in [0.15, 0.2) is 29.2 Å². The molecule has 9 heteroatoms. The lowest BCUT2D eigenvalue weighted by atomic mass is 9.86. The highest BCUT2D eigenvalue weighted by Crippen LogP contribution is 2.35. The van der Waals surface area contributed by atoms with Crippen molar-refractivity contribution >= 4 is 15.9 Å². The zero-order chi connectivity index (χ0) is 21.8. The van der Waals surface area contributed by atoms with Crippen molar-refractivity contribution in [1.82, 2.24) is 9.21 Å². The predicted molar refractivity (Wildman–Crippen MR) is 107 cm³/mol. The fourth-order valence-electron chi connectivity index (χ4n) is 4.42. The first-order chi connectivity index (χ1) is 14.2. The Labute approximate surface area is 176 Å². The number of carbonyl (C=O) groups excluding carboxylic acids is 1. The summed E-state index contributed by atoms with van der Waals surface area (Å²) in [5.41, 5.74) is -1.16. The third-order valence-corrected chi connectivity index (χ3v) is 8.09. The van der Waals surface area contributed by atoms with Crippen LogP contribution < -0.4 is 0 Å². The summed E-state index contributed by atoms with van der Waals surface area (Å²) in [6.45, 7) is 0.414. The van der Waals surface area contributed by atoms with Crippen molar-refractivity contribution in [2.75, 3.05) is 26.2 Å². The molecule has 1 saturated carbocycles. The second-order valence-corrected chi connectivity index (χ2v) is 10.1. The molecule has 30 heavy (non-hydrogen) atoms. The minimum absolute atomic E-state index is 0.00134. The zero-order valence-electron chi connectivity index (χ0n) is 17.0. The average molecular weight is 447 g/mol. The topological polar surface area (TPSA) is 57.7 Å². The molecule has 1 aromatic carbocycles. The van der Waals surface area contributed by atoms with Crippen LogP contribution >= 0.6 is 0 Å². The van der Waals surface area contributed by atoms with E-state index in [2.05, 4.69) is 0 Å². The number of nitrogens with zero attached hydrogens (tertiary/aromatic N) is 2. The Balaban J connectivity index is 1.54. The van der Waals surface area contributed by atoms with Crippen LogP contribution in [-0.2, 0) is 21.0 Å². The minimum Gasteiger partial charge on any atom is -0.340 e. The van der Waals surface area contributed by atoms with Crippen molar-refractivity contribution in [3.63, 3.8) is 0 Å². The van der Waals surface area contributed by atoms with Gasteiger partial charge in [-0.2, -0.15) is 17.5 Å². The second kappa shape index (κ2) is 9.68. The maximum Gasteiger partial charge on any atom is 0.417 e. The third-order valence-electron chi connectivity index (χ3n) is 6.13. The highest BCUT2D eigenvalue weighted by molar-refractivity contribution is 7.89. The molecular weight excluding hydrogens is 417 g/mol. The molecule has 168 valence electrons. The lowest BCUT2D eigenvalue weighted by molar-refractivity contribution is -0.139. The van der Waals surface area contributed by atoms with E-state index in [1.807, 2.05) is 0 Å². The van der Waals surface area contributed by atoms with Crippen LogP contribution in [0, 0.1) is 5.92 Å². The van der Waals surface area contributed by atoms with Gasteiger partial charge in [0.2, 0.25) is 15.9 Å². The fraction of sp³-hybridized carbons (Fsp3) is 0.667. The van der Waals surface area contributed by atoms with E-state index in [9.17, 15) is 26.4 Å². The van der Waals surface area contributed by atoms with Gasteiger partial charge in [-0.15, -0.1) is 0 Å². The normalized spacial score (nSPS) is 19.8. The average Bonchev–Trinajstić information content (AvgIpc) is 2.74. The summed E-state index contributed by atoms with van der Waals surface area (Å²) in [5, 5.41) is 0. The lowest BCUT2D eigenvalue weighted by Crippen LogP contribution is -2.50. The number of benzene rings is 1. The maximum absolute atomic E-state index is 13.2. The molecule has 0 N–H and O–H groups in total. The number of carbonyl (C=O) groups is 1. The van der Waals surface area contributed by atoms with E-state index >= 15 is 0 Å². The molecule has 0 spiro atoms. The molecule has 2 fully saturated rings. The molecule has 1 aromatic rings. The minimum atomic E-state index is -4.75. The van der Waals surface area contributed by atoms with Gasteiger partial charge in [-0.1, -0.05) is 44.2 Å². The fourth-order valence-corrected chi connectivity index (χ4v) is 6.05. The Kier molecular flexibility index (Phi) is 7.44. The van der Waals surface area contributed by atoms with Gasteiger partial charge in [-0.25, -0.2) is 8.42 Å². The molecule has 0 aromatic heterocycles. The van der Waals surface area contributed by atoms with Crippen molar-refractivity contribution in [3.05, 3.63) is 29.8 Å². The molecule has 1 saturated heterocycles. The standard InChI is InChI=1S/C21H29F3N2O3S/c22-21(23,24)18-10-4-5-11-19(18)30(28,29)26-15-13-25(14-16-26)20(27)12-6-9-17-7-2-1-3-8-17/h4-5,10-11,17H,1-3,6-9,12-16H2. The molecule has 3 rings (SSSR count). The number of amides is 1. The van der Waals surface area contributed by atoms with Crippen LogP contribution in [0.4, 0.5) is 13.2 Å². The molecular formula is C21H29F3N2O3S. The number of hydrogen-bond donors (Lipinski definition) is 0. The zero-order valence-corrected chi connectivity index (χ0v) is 17.8. The molecule has 0 atom stereocenters. The van der Waals surface area contributed by atoms with Crippen molar-refractivity contribution in [3.8, 4) is 0 Å². The first kappa shape index (κ1) is 23.1. The summed E-state index contributed by atoms with van der Waals surface area (Å²) in [6.07, 6.45) is 3.90. The summed E-state index contributed by atoms with van der Waals surface area (Å²) in [5.74, 6) is 0.709. The largest absolute Gasteiger partial charge is 0.417 e. The van der Waals surface area contributed by atoms with Crippen LogP contribution in [0.5, 0.6) is 0 Å². The summed E-state index contributed by atoms with van der Waals surface area (Å²) >= 11 is 0. The van der Waals surface area contributed by atoms with E-state index in [4.69, 9.17) is 0 Å². The Morgan fingerprint density at radius 3 is 2.27 bits per heavy atom. The summed E-state index contributed by atoms with van der Waals surface area (Å²) in [4.78, 5) is 13.4. The summed E-state index contributed by atoms with van der Waals surface area (Å²) in [7, 11) is -4.28. The first-order valence-electron chi connectivity index (χ1n) is 10.6. The summed E-state index contributed by atoms with van der Waals surface area (Å²) in [6, 6.07) is 4.22. The molecule has 2 aliphatic rings.